The summed E-state index contributed by atoms with van der Waals surface area (Å²) in [4.78, 5) is 0. The van der Waals surface area contributed by atoms with Crippen molar-refractivity contribution >= 4 is 10.1 Å². The van der Waals surface area contributed by atoms with Crippen molar-refractivity contribution in [2.45, 2.75) is 18.9 Å². The van der Waals surface area contributed by atoms with E-state index < -0.39 is 10.1 Å². The summed E-state index contributed by atoms with van der Waals surface area (Å²) in [5.41, 5.74) is 0. The van der Waals surface area contributed by atoms with Gasteiger partial charge in [-0.15, -0.1) is 0 Å². The normalized spacial score (nSPS) is 26.8. The van der Waals surface area contributed by atoms with Crippen molar-refractivity contribution < 1.29 is 12.6 Å². The lowest BCUT2D eigenvalue weighted by atomic mass is 10.1. The van der Waals surface area contributed by atoms with Gasteiger partial charge in [-0.25, -0.2) is 0 Å². The molecule has 1 N–H and O–H groups in total. The molecule has 1 rings (SSSR count). The second-order valence-corrected chi connectivity index (χ2v) is 4.37. The molecule has 1 heterocycles. The second kappa shape index (κ2) is 3.51. The third-order valence-electron chi connectivity index (χ3n) is 1.56. The average Bonchev–Trinajstić information content (AvgIpc) is 1.85. The Morgan fingerprint density at radius 2 is 2.27 bits per heavy atom. The van der Waals surface area contributed by atoms with Gasteiger partial charge in [0.05, 0.1) is 12.4 Å². The van der Waals surface area contributed by atoms with Crippen LogP contribution in [0.3, 0.4) is 0 Å². The van der Waals surface area contributed by atoms with Crippen LogP contribution in [-0.4, -0.2) is 33.9 Å². The van der Waals surface area contributed by atoms with Crippen LogP contribution in [-0.2, 0) is 14.3 Å². The van der Waals surface area contributed by atoms with Gasteiger partial charge in [0.1, 0.15) is 0 Å². The summed E-state index contributed by atoms with van der Waals surface area (Å²) in [5.74, 6) is 0. The van der Waals surface area contributed by atoms with Crippen molar-refractivity contribution in [2.24, 2.45) is 0 Å². The van der Waals surface area contributed by atoms with E-state index in [9.17, 15) is 8.42 Å². The Morgan fingerprint density at radius 1 is 1.55 bits per heavy atom. The maximum absolute atomic E-state index is 10.6. The topological polar surface area (TPSA) is 55.4 Å². The lowest BCUT2D eigenvalue weighted by Crippen LogP contribution is -2.36. The van der Waals surface area contributed by atoms with Crippen molar-refractivity contribution in [3.05, 3.63) is 0 Å². The predicted molar refractivity (Wildman–Crippen MR) is 41.8 cm³/mol. The van der Waals surface area contributed by atoms with Crippen molar-refractivity contribution in [1.82, 2.24) is 5.32 Å². The van der Waals surface area contributed by atoms with E-state index in [1.807, 2.05) is 0 Å². The largest absolute Gasteiger partial charge is 0.314 e. The number of rotatable bonds is 2. The fraction of sp³-hybridized carbons (Fsp3) is 1.00. The number of hydrogen-bond donors (Lipinski definition) is 1. The maximum Gasteiger partial charge on any atom is 0.264 e. The quantitative estimate of drug-likeness (QED) is 0.592. The molecule has 0 aliphatic carbocycles. The molecule has 0 amide bonds. The van der Waals surface area contributed by atoms with E-state index in [1.54, 1.807) is 0 Å². The van der Waals surface area contributed by atoms with Crippen LogP contribution in [0.4, 0.5) is 0 Å². The molecule has 0 aromatic carbocycles. The molecule has 0 saturated carbocycles. The van der Waals surface area contributed by atoms with Crippen molar-refractivity contribution in [2.75, 3.05) is 19.3 Å². The molecule has 5 heteroatoms. The molecule has 1 aliphatic heterocycles. The van der Waals surface area contributed by atoms with E-state index in [1.165, 1.54) is 0 Å². The first-order valence-corrected chi connectivity index (χ1v) is 5.48. The molecule has 1 atom stereocenters. The van der Waals surface area contributed by atoms with Gasteiger partial charge in [0, 0.05) is 6.54 Å². The van der Waals surface area contributed by atoms with E-state index in [-0.39, 0.29) is 6.10 Å². The van der Waals surface area contributed by atoms with Crippen LogP contribution >= 0.6 is 0 Å². The third-order valence-corrected chi connectivity index (χ3v) is 2.18. The molecule has 66 valence electrons. The van der Waals surface area contributed by atoms with E-state index in [0.717, 1.165) is 25.6 Å². The average molecular weight is 179 g/mol. The highest BCUT2D eigenvalue weighted by Crippen LogP contribution is 2.07. The lowest BCUT2D eigenvalue weighted by molar-refractivity contribution is 0.176. The number of piperidine rings is 1. The lowest BCUT2D eigenvalue weighted by Gasteiger charge is -2.21. The van der Waals surface area contributed by atoms with E-state index in [0.29, 0.717) is 6.54 Å². The molecule has 4 nitrogen and oxygen atoms in total. The van der Waals surface area contributed by atoms with Gasteiger partial charge >= 0.3 is 0 Å². The SMILES string of the molecule is CS(=O)(=O)O[C@H]1CCCNC1. The van der Waals surface area contributed by atoms with Gasteiger partial charge < -0.3 is 5.32 Å². The highest BCUT2D eigenvalue weighted by atomic mass is 32.2. The predicted octanol–water partition coefficient (Wildman–Crippen LogP) is -0.285. The van der Waals surface area contributed by atoms with Gasteiger partial charge in [-0.3, -0.25) is 4.18 Å². The zero-order valence-corrected chi connectivity index (χ0v) is 7.36. The van der Waals surface area contributed by atoms with E-state index >= 15 is 0 Å². The summed E-state index contributed by atoms with van der Waals surface area (Å²) in [6.07, 6.45) is 2.75. The molecular formula is C6H13NO3S. The van der Waals surface area contributed by atoms with Gasteiger partial charge in [0.25, 0.3) is 10.1 Å². The van der Waals surface area contributed by atoms with E-state index in [2.05, 4.69) is 5.32 Å². The van der Waals surface area contributed by atoms with Crippen molar-refractivity contribution in [1.29, 1.82) is 0 Å². The molecule has 0 unspecified atom stereocenters. The van der Waals surface area contributed by atoms with Crippen LogP contribution in [0.5, 0.6) is 0 Å². The monoisotopic (exact) mass is 179 g/mol. The Bertz CT molecular complexity index is 206. The first kappa shape index (κ1) is 8.96. The maximum atomic E-state index is 10.6. The first-order valence-electron chi connectivity index (χ1n) is 3.67. The van der Waals surface area contributed by atoms with Gasteiger partial charge in [-0.1, -0.05) is 0 Å². The second-order valence-electron chi connectivity index (χ2n) is 2.77. The Kier molecular flexibility index (Phi) is 2.86. The smallest absolute Gasteiger partial charge is 0.264 e. The molecule has 1 fully saturated rings. The standard InChI is InChI=1S/C6H13NO3S/c1-11(8,9)10-6-3-2-4-7-5-6/h6-7H,2-5H2,1H3/t6-/m0/s1. The number of nitrogens with one attached hydrogen (secondary N) is 1. The van der Waals surface area contributed by atoms with Crippen molar-refractivity contribution in [3.8, 4) is 0 Å². The number of hydrogen-bond acceptors (Lipinski definition) is 4. The van der Waals surface area contributed by atoms with Crippen LogP contribution in [0.2, 0.25) is 0 Å². The van der Waals surface area contributed by atoms with Crippen molar-refractivity contribution in [3.63, 3.8) is 0 Å². The Balaban J connectivity index is 2.36. The summed E-state index contributed by atoms with van der Waals surface area (Å²) in [5, 5.41) is 3.07. The minimum Gasteiger partial charge on any atom is -0.314 e. The van der Waals surface area contributed by atoms with Crippen LogP contribution < -0.4 is 5.32 Å². The van der Waals surface area contributed by atoms with Crippen LogP contribution in [0, 0.1) is 0 Å². The highest BCUT2D eigenvalue weighted by molar-refractivity contribution is 7.86. The Morgan fingerprint density at radius 3 is 2.73 bits per heavy atom. The van der Waals surface area contributed by atoms with E-state index in [4.69, 9.17) is 4.18 Å². The highest BCUT2D eigenvalue weighted by Gasteiger charge is 2.17. The van der Waals surface area contributed by atoms with Crippen LogP contribution in [0.15, 0.2) is 0 Å². The molecule has 0 bridgehead atoms. The minimum absolute atomic E-state index is 0.154. The summed E-state index contributed by atoms with van der Waals surface area (Å²) in [7, 11) is -3.26. The Labute approximate surface area is 67.1 Å². The fourth-order valence-corrected chi connectivity index (χ4v) is 1.81. The third kappa shape index (κ3) is 3.69. The molecule has 0 radical (unpaired) electrons. The molecule has 11 heavy (non-hydrogen) atoms. The molecular weight excluding hydrogens is 166 g/mol. The summed E-state index contributed by atoms with van der Waals surface area (Å²) in [6.45, 7) is 1.61. The zero-order chi connectivity index (χ0) is 8.32. The fourth-order valence-electron chi connectivity index (χ4n) is 1.15. The molecule has 0 aromatic heterocycles. The molecule has 0 spiro atoms. The Hall–Kier alpha value is -0.130. The summed E-state index contributed by atoms with van der Waals surface area (Å²) >= 11 is 0. The zero-order valence-electron chi connectivity index (χ0n) is 6.54. The van der Waals surface area contributed by atoms with Gasteiger partial charge in [0.2, 0.25) is 0 Å². The van der Waals surface area contributed by atoms with Gasteiger partial charge in [0.15, 0.2) is 0 Å². The first-order chi connectivity index (χ1) is 5.08. The van der Waals surface area contributed by atoms with Gasteiger partial charge in [-0.2, -0.15) is 8.42 Å². The van der Waals surface area contributed by atoms with Crippen LogP contribution in [0.25, 0.3) is 0 Å². The molecule has 0 aromatic rings. The molecule has 1 saturated heterocycles. The minimum atomic E-state index is -3.26. The van der Waals surface area contributed by atoms with Crippen LogP contribution in [0.1, 0.15) is 12.8 Å². The van der Waals surface area contributed by atoms with Gasteiger partial charge in [-0.05, 0) is 19.4 Å². The summed E-state index contributed by atoms with van der Waals surface area (Å²) < 4.78 is 26.1. The molecule has 1 aliphatic rings. The summed E-state index contributed by atoms with van der Waals surface area (Å²) in [6, 6.07) is 0.